The molecule has 0 spiro atoms. The minimum atomic E-state index is 0.0862. The van der Waals surface area contributed by atoms with Gasteiger partial charge in [0.1, 0.15) is 17.7 Å². The van der Waals surface area contributed by atoms with Crippen LogP contribution in [0.15, 0.2) is 54.6 Å². The molecule has 1 aliphatic rings. The van der Waals surface area contributed by atoms with E-state index >= 15 is 0 Å². The van der Waals surface area contributed by atoms with E-state index in [4.69, 9.17) is 21.3 Å². The molecule has 0 aliphatic carbocycles. The van der Waals surface area contributed by atoms with Crippen LogP contribution in [0.3, 0.4) is 0 Å². The number of hydrogen-bond acceptors (Lipinski definition) is 4. The average Bonchev–Trinajstić information content (AvgIpc) is 2.78. The molecule has 1 saturated heterocycles. The SMILES string of the molecule is CCN(C/C=C/c1cccc(C(=N)N)c1)c1ccc(OC2CCN(C(C)=N)CC2)cc1. The highest BCUT2D eigenvalue weighted by atomic mass is 16.5. The summed E-state index contributed by atoms with van der Waals surface area (Å²) in [4.78, 5) is 4.40. The molecule has 3 rings (SSSR count). The molecule has 6 heteroatoms. The van der Waals surface area contributed by atoms with Crippen LogP contribution in [0.5, 0.6) is 5.75 Å². The topological polar surface area (TPSA) is 89.4 Å². The molecular weight excluding hydrogens is 386 g/mol. The van der Waals surface area contributed by atoms with Crippen molar-refractivity contribution in [3.63, 3.8) is 0 Å². The van der Waals surface area contributed by atoms with Crippen molar-refractivity contribution >= 4 is 23.4 Å². The Morgan fingerprint density at radius 2 is 1.87 bits per heavy atom. The van der Waals surface area contributed by atoms with Crippen molar-refractivity contribution in [3.05, 3.63) is 65.7 Å². The number of rotatable bonds is 8. The molecule has 0 bridgehead atoms. The third-order valence-electron chi connectivity index (χ3n) is 5.64. The first-order chi connectivity index (χ1) is 15.0. The quantitative estimate of drug-likeness (QED) is 0.438. The van der Waals surface area contributed by atoms with Gasteiger partial charge in [0.15, 0.2) is 0 Å². The largest absolute Gasteiger partial charge is 0.490 e. The Balaban J connectivity index is 1.54. The van der Waals surface area contributed by atoms with E-state index in [1.165, 1.54) is 0 Å². The Bertz CT molecular complexity index is 914. The van der Waals surface area contributed by atoms with Gasteiger partial charge in [0.05, 0.1) is 5.84 Å². The van der Waals surface area contributed by atoms with E-state index in [-0.39, 0.29) is 11.9 Å². The van der Waals surface area contributed by atoms with E-state index in [1.807, 2.05) is 43.3 Å². The third kappa shape index (κ3) is 6.35. The molecule has 1 aliphatic heterocycles. The van der Waals surface area contributed by atoms with Gasteiger partial charge in [-0.1, -0.05) is 30.4 Å². The van der Waals surface area contributed by atoms with E-state index in [1.54, 1.807) is 0 Å². The number of hydrogen-bond donors (Lipinski definition) is 3. The first kappa shape index (κ1) is 22.4. The molecule has 1 fully saturated rings. The van der Waals surface area contributed by atoms with Gasteiger partial charge in [-0.15, -0.1) is 0 Å². The van der Waals surface area contributed by atoms with Gasteiger partial charge in [-0.05, 0) is 49.7 Å². The molecule has 0 aromatic heterocycles. The molecule has 0 amide bonds. The predicted molar refractivity (Wildman–Crippen MR) is 129 cm³/mol. The number of benzene rings is 2. The molecule has 1 heterocycles. The normalized spacial score (nSPS) is 14.6. The fourth-order valence-corrected chi connectivity index (χ4v) is 3.78. The first-order valence-corrected chi connectivity index (χ1v) is 10.9. The van der Waals surface area contributed by atoms with Crippen LogP contribution in [-0.2, 0) is 0 Å². The number of amidine groups is 2. The number of nitrogen functional groups attached to an aromatic ring is 1. The number of ether oxygens (including phenoxy) is 1. The van der Waals surface area contributed by atoms with Gasteiger partial charge in [0, 0.05) is 50.3 Å². The number of likely N-dealkylation sites (N-methyl/N-ethyl adjacent to an activating group) is 1. The lowest BCUT2D eigenvalue weighted by atomic mass is 10.1. The Morgan fingerprint density at radius 1 is 1.16 bits per heavy atom. The second kappa shape index (κ2) is 10.7. The number of nitrogens with zero attached hydrogens (tertiary/aromatic N) is 2. The zero-order valence-corrected chi connectivity index (χ0v) is 18.5. The van der Waals surface area contributed by atoms with E-state index in [0.29, 0.717) is 5.84 Å². The first-order valence-electron chi connectivity index (χ1n) is 10.9. The van der Waals surface area contributed by atoms with Gasteiger partial charge in [0.2, 0.25) is 0 Å². The maximum Gasteiger partial charge on any atom is 0.122 e. The summed E-state index contributed by atoms with van der Waals surface area (Å²) in [6.45, 7) is 7.47. The molecule has 0 unspecified atom stereocenters. The van der Waals surface area contributed by atoms with E-state index in [2.05, 4.69) is 41.0 Å². The number of nitrogens with two attached hydrogens (primary N) is 1. The lowest BCUT2D eigenvalue weighted by molar-refractivity contribution is 0.130. The van der Waals surface area contributed by atoms with Crippen LogP contribution >= 0.6 is 0 Å². The molecule has 164 valence electrons. The van der Waals surface area contributed by atoms with E-state index in [9.17, 15) is 0 Å². The van der Waals surface area contributed by atoms with Crippen LogP contribution in [0.1, 0.15) is 37.8 Å². The summed E-state index contributed by atoms with van der Waals surface area (Å²) in [7, 11) is 0. The summed E-state index contributed by atoms with van der Waals surface area (Å²) in [6.07, 6.45) is 6.32. The van der Waals surface area contributed by atoms with Gasteiger partial charge in [-0.2, -0.15) is 0 Å². The Labute approximate surface area is 185 Å². The second-order valence-corrected chi connectivity index (χ2v) is 7.86. The lowest BCUT2D eigenvalue weighted by Crippen LogP contribution is -2.40. The van der Waals surface area contributed by atoms with Crippen LogP contribution < -0.4 is 15.4 Å². The molecule has 0 radical (unpaired) electrons. The van der Waals surface area contributed by atoms with Crippen molar-refractivity contribution in [1.82, 2.24) is 4.90 Å². The third-order valence-corrected chi connectivity index (χ3v) is 5.64. The lowest BCUT2D eigenvalue weighted by Gasteiger charge is -2.32. The summed E-state index contributed by atoms with van der Waals surface area (Å²) in [5, 5.41) is 15.3. The van der Waals surface area contributed by atoms with Crippen LogP contribution in [0.25, 0.3) is 6.08 Å². The molecule has 2 aromatic carbocycles. The van der Waals surface area contributed by atoms with Crippen LogP contribution in [0, 0.1) is 10.8 Å². The van der Waals surface area contributed by atoms with Gasteiger partial charge in [0.25, 0.3) is 0 Å². The minimum absolute atomic E-state index is 0.0862. The molecule has 0 atom stereocenters. The summed E-state index contributed by atoms with van der Waals surface area (Å²) >= 11 is 0. The zero-order chi connectivity index (χ0) is 22.2. The van der Waals surface area contributed by atoms with Crippen molar-refractivity contribution in [2.75, 3.05) is 31.1 Å². The maximum absolute atomic E-state index is 7.74. The van der Waals surface area contributed by atoms with E-state index < -0.39 is 0 Å². The molecule has 4 N–H and O–H groups in total. The molecule has 31 heavy (non-hydrogen) atoms. The van der Waals surface area contributed by atoms with Crippen molar-refractivity contribution in [2.45, 2.75) is 32.8 Å². The number of piperidine rings is 1. The van der Waals surface area contributed by atoms with Crippen molar-refractivity contribution in [3.8, 4) is 5.75 Å². The number of anilines is 1. The Kier molecular flexibility index (Phi) is 7.70. The van der Waals surface area contributed by atoms with Crippen molar-refractivity contribution < 1.29 is 4.74 Å². The maximum atomic E-state index is 7.74. The van der Waals surface area contributed by atoms with Gasteiger partial charge >= 0.3 is 0 Å². The summed E-state index contributed by atoms with van der Waals surface area (Å²) in [5.41, 5.74) is 8.51. The highest BCUT2D eigenvalue weighted by molar-refractivity contribution is 5.95. The van der Waals surface area contributed by atoms with Crippen LogP contribution in [0.4, 0.5) is 5.69 Å². The second-order valence-electron chi connectivity index (χ2n) is 7.86. The van der Waals surface area contributed by atoms with Crippen LogP contribution in [-0.4, -0.2) is 48.9 Å². The van der Waals surface area contributed by atoms with Gasteiger partial charge in [-0.25, -0.2) is 0 Å². The van der Waals surface area contributed by atoms with Gasteiger partial charge in [-0.3, -0.25) is 10.8 Å². The van der Waals surface area contributed by atoms with Crippen LogP contribution in [0.2, 0.25) is 0 Å². The summed E-state index contributed by atoms with van der Waals surface area (Å²) in [6, 6.07) is 16.0. The average molecular weight is 420 g/mol. The van der Waals surface area contributed by atoms with Crippen molar-refractivity contribution in [2.24, 2.45) is 5.73 Å². The molecular formula is C25H33N5O. The Morgan fingerprint density at radius 3 is 2.48 bits per heavy atom. The Hall–Kier alpha value is -3.28. The smallest absolute Gasteiger partial charge is 0.122 e. The van der Waals surface area contributed by atoms with Gasteiger partial charge < -0.3 is 20.3 Å². The molecule has 0 saturated carbocycles. The fourth-order valence-electron chi connectivity index (χ4n) is 3.78. The summed E-state index contributed by atoms with van der Waals surface area (Å²) < 4.78 is 6.16. The standard InChI is InChI=1S/C25H33N5O/c1-3-29(15-5-7-20-6-4-8-21(18-20)25(27)28)22-9-11-23(12-10-22)31-24-13-16-30(17-14-24)19(2)26/h4-12,18,24,26H,3,13-17H2,1-2H3,(H3,27,28)/b7-5+,26-19?. The predicted octanol–water partition coefficient (Wildman–Crippen LogP) is 4.35. The zero-order valence-electron chi connectivity index (χ0n) is 18.5. The number of nitrogens with one attached hydrogen (secondary N) is 2. The fraction of sp³-hybridized carbons (Fsp3) is 0.360. The molecule has 6 nitrogen and oxygen atoms in total. The van der Waals surface area contributed by atoms with Crippen molar-refractivity contribution in [1.29, 1.82) is 10.8 Å². The highest BCUT2D eigenvalue weighted by Crippen LogP contribution is 2.23. The summed E-state index contributed by atoms with van der Waals surface area (Å²) in [5.74, 6) is 1.63. The molecule has 2 aromatic rings. The highest BCUT2D eigenvalue weighted by Gasteiger charge is 2.20. The monoisotopic (exact) mass is 419 g/mol. The number of likely N-dealkylation sites (tertiary alicyclic amines) is 1. The minimum Gasteiger partial charge on any atom is -0.490 e. The van der Waals surface area contributed by atoms with E-state index in [0.717, 1.165) is 61.6 Å².